The number of amidine groups is 1. The van der Waals surface area contributed by atoms with Gasteiger partial charge in [0.15, 0.2) is 0 Å². The SMILES string of the molecule is CCOc1ccc(-c2ccc(C(=O)NC(CO)C(C)(C)C)cc2C(=O)O)c(C(=O)Nc2ccc(C(=N)N)cc2)n1. The number of amides is 2. The van der Waals surface area contributed by atoms with Crippen molar-refractivity contribution in [2.24, 2.45) is 11.1 Å². The number of benzene rings is 2. The number of carbonyl (C=O) groups excluding carboxylic acids is 2. The number of aliphatic hydroxyl groups excluding tert-OH is 1. The molecule has 0 fully saturated rings. The fourth-order valence-electron chi connectivity index (χ4n) is 3.86. The molecule has 0 saturated carbocycles. The topological polar surface area (TPSA) is 188 Å². The van der Waals surface area contributed by atoms with Crippen molar-refractivity contribution in [1.82, 2.24) is 10.3 Å². The van der Waals surface area contributed by atoms with Gasteiger partial charge in [-0.1, -0.05) is 26.8 Å². The predicted octanol–water partition coefficient (Wildman–Crippen LogP) is 3.52. The van der Waals surface area contributed by atoms with Crippen molar-refractivity contribution in [1.29, 1.82) is 5.41 Å². The van der Waals surface area contributed by atoms with E-state index in [9.17, 15) is 24.6 Å². The molecule has 1 aromatic heterocycles. The number of hydrogen-bond donors (Lipinski definition) is 6. The third-order valence-corrected chi connectivity index (χ3v) is 6.17. The number of aliphatic hydroxyl groups is 1. The quantitative estimate of drug-likeness (QED) is 0.164. The lowest BCUT2D eigenvalue weighted by molar-refractivity contribution is 0.0697. The van der Waals surface area contributed by atoms with Crippen LogP contribution in [0.25, 0.3) is 11.1 Å². The first-order valence-corrected chi connectivity index (χ1v) is 12.5. The molecule has 0 saturated heterocycles. The van der Waals surface area contributed by atoms with Crippen LogP contribution in [0.2, 0.25) is 0 Å². The summed E-state index contributed by atoms with van der Waals surface area (Å²) < 4.78 is 5.46. The standard InChI is InChI=1S/C29H33N5O6/c1-5-40-23-13-12-20(24(34-23)27(37)32-18-9-6-16(7-10-18)25(30)31)19-11-8-17(14-21(19)28(38)39)26(36)33-22(15-35)29(2,3)4/h6-14,22,35H,5,15H2,1-4H3,(H3,30,31)(H,32,37)(H,33,36)(H,38,39). The molecule has 0 spiro atoms. The summed E-state index contributed by atoms with van der Waals surface area (Å²) in [6, 6.07) is 12.9. The first-order valence-electron chi connectivity index (χ1n) is 12.5. The number of nitrogens with zero attached hydrogens (tertiary/aromatic N) is 1. The molecule has 0 radical (unpaired) electrons. The van der Waals surface area contributed by atoms with E-state index >= 15 is 0 Å². The van der Waals surface area contributed by atoms with Gasteiger partial charge in [0.25, 0.3) is 11.8 Å². The maximum atomic E-state index is 13.4. The largest absolute Gasteiger partial charge is 0.478 e. The normalized spacial score (nSPS) is 11.8. The van der Waals surface area contributed by atoms with Crippen LogP contribution in [0.15, 0.2) is 54.6 Å². The van der Waals surface area contributed by atoms with Gasteiger partial charge < -0.3 is 31.3 Å². The van der Waals surface area contributed by atoms with E-state index in [1.54, 1.807) is 31.2 Å². The fraction of sp³-hybridized carbons (Fsp3) is 0.276. The Morgan fingerprint density at radius 2 is 1.62 bits per heavy atom. The van der Waals surface area contributed by atoms with Gasteiger partial charge in [0.2, 0.25) is 5.88 Å². The Morgan fingerprint density at radius 1 is 1.00 bits per heavy atom. The third-order valence-electron chi connectivity index (χ3n) is 6.17. The highest BCUT2D eigenvalue weighted by Crippen LogP contribution is 2.30. The number of carboxylic acids is 1. The molecule has 11 heteroatoms. The van der Waals surface area contributed by atoms with E-state index < -0.39 is 29.2 Å². The Balaban J connectivity index is 2.04. The number of ether oxygens (including phenoxy) is 1. The van der Waals surface area contributed by atoms with Crippen molar-refractivity contribution in [2.45, 2.75) is 33.7 Å². The van der Waals surface area contributed by atoms with E-state index in [0.29, 0.717) is 17.9 Å². The second-order valence-electron chi connectivity index (χ2n) is 10.1. The number of carbonyl (C=O) groups is 3. The smallest absolute Gasteiger partial charge is 0.336 e. The number of aromatic nitrogens is 1. The van der Waals surface area contributed by atoms with Crippen LogP contribution in [-0.2, 0) is 0 Å². The Hall–Kier alpha value is -4.77. The van der Waals surface area contributed by atoms with Crippen molar-refractivity contribution in [3.8, 4) is 17.0 Å². The highest BCUT2D eigenvalue weighted by molar-refractivity contribution is 6.10. The first-order chi connectivity index (χ1) is 18.8. The maximum Gasteiger partial charge on any atom is 0.336 e. The summed E-state index contributed by atoms with van der Waals surface area (Å²) in [4.78, 5) is 42.9. The van der Waals surface area contributed by atoms with Gasteiger partial charge in [-0.25, -0.2) is 9.78 Å². The Bertz CT molecular complexity index is 1430. The third kappa shape index (κ3) is 7.00. The molecule has 1 heterocycles. The Kier molecular flexibility index (Phi) is 9.23. The molecule has 0 aliphatic heterocycles. The number of nitrogens with two attached hydrogens (primary N) is 1. The van der Waals surface area contributed by atoms with Crippen LogP contribution in [0.5, 0.6) is 5.88 Å². The molecule has 2 aromatic carbocycles. The Labute approximate surface area is 231 Å². The average molecular weight is 548 g/mol. The minimum atomic E-state index is -1.31. The number of hydrogen-bond acceptors (Lipinski definition) is 7. The summed E-state index contributed by atoms with van der Waals surface area (Å²) in [6.07, 6.45) is 0. The van der Waals surface area contributed by atoms with Crippen molar-refractivity contribution >= 4 is 29.3 Å². The molecule has 1 atom stereocenters. The predicted molar refractivity (Wildman–Crippen MR) is 151 cm³/mol. The molecule has 40 heavy (non-hydrogen) atoms. The zero-order valence-electron chi connectivity index (χ0n) is 22.7. The van der Waals surface area contributed by atoms with Gasteiger partial charge in [-0.2, -0.15) is 0 Å². The molecule has 2 amide bonds. The molecule has 7 N–H and O–H groups in total. The van der Waals surface area contributed by atoms with E-state index in [-0.39, 0.29) is 46.3 Å². The molecule has 0 aliphatic rings. The van der Waals surface area contributed by atoms with Gasteiger partial charge in [0.1, 0.15) is 11.5 Å². The van der Waals surface area contributed by atoms with Crippen LogP contribution in [0.3, 0.4) is 0 Å². The minimum absolute atomic E-state index is 0.0827. The van der Waals surface area contributed by atoms with Crippen LogP contribution in [0.4, 0.5) is 5.69 Å². The number of carboxylic acid groups (broad SMARTS) is 1. The second kappa shape index (κ2) is 12.4. The lowest BCUT2D eigenvalue weighted by Gasteiger charge is -2.29. The highest BCUT2D eigenvalue weighted by Gasteiger charge is 2.27. The molecule has 0 aliphatic carbocycles. The van der Waals surface area contributed by atoms with Crippen LogP contribution in [0.1, 0.15) is 64.5 Å². The number of rotatable bonds is 10. The molecule has 11 nitrogen and oxygen atoms in total. The van der Waals surface area contributed by atoms with E-state index in [4.69, 9.17) is 15.9 Å². The van der Waals surface area contributed by atoms with E-state index in [1.165, 1.54) is 30.3 Å². The molecule has 3 rings (SSSR count). The van der Waals surface area contributed by atoms with Gasteiger partial charge in [-0.05, 0) is 60.4 Å². The van der Waals surface area contributed by atoms with E-state index in [2.05, 4.69) is 15.6 Å². The van der Waals surface area contributed by atoms with E-state index in [0.717, 1.165) is 0 Å². The van der Waals surface area contributed by atoms with Crippen molar-refractivity contribution in [2.75, 3.05) is 18.5 Å². The van der Waals surface area contributed by atoms with Crippen LogP contribution in [-0.4, -0.2) is 58.1 Å². The van der Waals surface area contributed by atoms with Gasteiger partial charge in [-0.3, -0.25) is 15.0 Å². The molecule has 3 aromatic rings. The number of nitrogen functional groups attached to an aromatic ring is 1. The summed E-state index contributed by atoms with van der Waals surface area (Å²) >= 11 is 0. The number of aromatic carboxylic acids is 1. The lowest BCUT2D eigenvalue weighted by Crippen LogP contribution is -2.46. The highest BCUT2D eigenvalue weighted by atomic mass is 16.5. The van der Waals surface area contributed by atoms with Gasteiger partial charge >= 0.3 is 5.97 Å². The van der Waals surface area contributed by atoms with E-state index in [1.807, 2.05) is 20.8 Å². The van der Waals surface area contributed by atoms with Gasteiger partial charge in [0.05, 0.1) is 24.8 Å². The summed E-state index contributed by atoms with van der Waals surface area (Å²) in [6.45, 7) is 7.37. The van der Waals surface area contributed by atoms with Gasteiger partial charge in [-0.15, -0.1) is 0 Å². The summed E-state index contributed by atoms with van der Waals surface area (Å²) in [5, 5.41) is 32.7. The molecular formula is C29H33N5O6. The average Bonchev–Trinajstić information content (AvgIpc) is 2.91. The molecule has 210 valence electrons. The number of nitrogens with one attached hydrogen (secondary N) is 3. The summed E-state index contributed by atoms with van der Waals surface area (Å²) in [7, 11) is 0. The maximum absolute atomic E-state index is 13.4. The number of anilines is 1. The summed E-state index contributed by atoms with van der Waals surface area (Å²) in [5.41, 5.74) is 6.13. The molecular weight excluding hydrogens is 514 g/mol. The second-order valence-corrected chi connectivity index (χ2v) is 10.1. The summed E-state index contributed by atoms with van der Waals surface area (Å²) in [5.74, 6) is -2.41. The van der Waals surface area contributed by atoms with Crippen molar-refractivity contribution < 1.29 is 29.3 Å². The van der Waals surface area contributed by atoms with Crippen molar-refractivity contribution in [3.63, 3.8) is 0 Å². The molecule has 0 bridgehead atoms. The van der Waals surface area contributed by atoms with Gasteiger partial charge in [0, 0.05) is 28.4 Å². The number of pyridine rings is 1. The monoisotopic (exact) mass is 547 g/mol. The first kappa shape index (κ1) is 29.8. The van der Waals surface area contributed by atoms with Crippen LogP contribution >= 0.6 is 0 Å². The van der Waals surface area contributed by atoms with Crippen LogP contribution in [0, 0.1) is 10.8 Å². The minimum Gasteiger partial charge on any atom is -0.478 e. The fourth-order valence-corrected chi connectivity index (χ4v) is 3.86. The zero-order chi connectivity index (χ0) is 29.6. The van der Waals surface area contributed by atoms with Crippen molar-refractivity contribution in [3.05, 3.63) is 77.0 Å². The van der Waals surface area contributed by atoms with Crippen LogP contribution < -0.4 is 21.1 Å². The lowest BCUT2D eigenvalue weighted by atomic mass is 9.87. The zero-order valence-corrected chi connectivity index (χ0v) is 22.7. The Morgan fingerprint density at radius 3 is 2.17 bits per heavy atom. The molecule has 1 unspecified atom stereocenters.